The Bertz CT molecular complexity index is 186. The zero-order valence-electron chi connectivity index (χ0n) is 9.92. The van der Waals surface area contributed by atoms with E-state index in [1.807, 2.05) is 13.8 Å². The Hall–Kier alpha value is -0.570. The Kier molecular flexibility index (Phi) is 5.69. The maximum absolute atomic E-state index is 11.2. The molecule has 0 aliphatic heterocycles. The van der Waals surface area contributed by atoms with Crippen LogP contribution in [-0.2, 0) is 9.53 Å². The van der Waals surface area contributed by atoms with E-state index in [0.29, 0.717) is 19.3 Å². The Morgan fingerprint density at radius 3 is 2.60 bits per heavy atom. The molecule has 0 atom stereocenters. The monoisotopic (exact) mass is 213 g/mol. The van der Waals surface area contributed by atoms with Crippen molar-refractivity contribution in [2.75, 3.05) is 13.2 Å². The van der Waals surface area contributed by atoms with Crippen LogP contribution in [0.4, 0.5) is 0 Å². The molecule has 1 amide bonds. The van der Waals surface area contributed by atoms with Gasteiger partial charge in [0.25, 0.3) is 0 Å². The van der Waals surface area contributed by atoms with E-state index in [1.165, 1.54) is 32.1 Å². The average Bonchev–Trinajstić information content (AvgIpc) is 2.25. The van der Waals surface area contributed by atoms with Crippen LogP contribution >= 0.6 is 0 Å². The van der Waals surface area contributed by atoms with E-state index in [4.69, 9.17) is 4.74 Å². The molecule has 0 radical (unpaired) electrons. The standard InChI is InChI=1S/C12H23NO2/c1-10(2)12(14)13-8-9-15-11-6-4-3-5-7-11/h10-11H,3-9H2,1-2H3,(H,13,14). The van der Waals surface area contributed by atoms with Crippen LogP contribution in [0.2, 0.25) is 0 Å². The maximum Gasteiger partial charge on any atom is 0.222 e. The Morgan fingerprint density at radius 1 is 1.33 bits per heavy atom. The second-order valence-electron chi connectivity index (χ2n) is 4.58. The molecule has 1 aliphatic rings. The van der Waals surface area contributed by atoms with E-state index in [2.05, 4.69) is 5.32 Å². The molecule has 0 unspecified atom stereocenters. The molecule has 1 rings (SSSR count). The molecule has 0 aromatic carbocycles. The normalized spacial score (nSPS) is 18.1. The SMILES string of the molecule is CC(C)C(=O)NCCOC1CCCCC1. The summed E-state index contributed by atoms with van der Waals surface area (Å²) in [5, 5.41) is 2.86. The van der Waals surface area contributed by atoms with Crippen LogP contribution in [-0.4, -0.2) is 25.2 Å². The van der Waals surface area contributed by atoms with Gasteiger partial charge in [-0.05, 0) is 12.8 Å². The summed E-state index contributed by atoms with van der Waals surface area (Å²) < 4.78 is 5.70. The van der Waals surface area contributed by atoms with Gasteiger partial charge in [-0.1, -0.05) is 33.1 Å². The first-order chi connectivity index (χ1) is 7.20. The van der Waals surface area contributed by atoms with Crippen LogP contribution in [0, 0.1) is 5.92 Å². The number of hydrogen-bond acceptors (Lipinski definition) is 2. The highest BCUT2D eigenvalue weighted by molar-refractivity contribution is 5.77. The van der Waals surface area contributed by atoms with Crippen LogP contribution < -0.4 is 5.32 Å². The molecule has 1 N–H and O–H groups in total. The zero-order chi connectivity index (χ0) is 11.1. The third-order valence-corrected chi connectivity index (χ3v) is 2.83. The molecule has 1 saturated carbocycles. The summed E-state index contributed by atoms with van der Waals surface area (Å²) in [5.74, 6) is 0.182. The van der Waals surface area contributed by atoms with Crippen molar-refractivity contribution in [3.05, 3.63) is 0 Å². The van der Waals surface area contributed by atoms with E-state index in [9.17, 15) is 4.79 Å². The van der Waals surface area contributed by atoms with Crippen molar-refractivity contribution < 1.29 is 9.53 Å². The minimum absolute atomic E-state index is 0.0691. The van der Waals surface area contributed by atoms with Crippen molar-refractivity contribution in [1.82, 2.24) is 5.32 Å². The van der Waals surface area contributed by atoms with Gasteiger partial charge in [0.1, 0.15) is 0 Å². The van der Waals surface area contributed by atoms with Crippen LogP contribution in [0.25, 0.3) is 0 Å². The highest BCUT2D eigenvalue weighted by Crippen LogP contribution is 2.19. The summed E-state index contributed by atoms with van der Waals surface area (Å²) in [6, 6.07) is 0. The molecule has 0 aromatic rings. The predicted octanol–water partition coefficient (Wildman–Crippen LogP) is 2.11. The quantitative estimate of drug-likeness (QED) is 0.710. The molecule has 1 aliphatic carbocycles. The molecule has 1 fully saturated rings. The first-order valence-corrected chi connectivity index (χ1v) is 6.09. The number of carbonyl (C=O) groups excluding carboxylic acids is 1. The summed E-state index contributed by atoms with van der Waals surface area (Å²) >= 11 is 0. The number of rotatable bonds is 5. The summed E-state index contributed by atoms with van der Waals surface area (Å²) in [5.41, 5.74) is 0. The van der Waals surface area contributed by atoms with Gasteiger partial charge in [0.2, 0.25) is 5.91 Å². The summed E-state index contributed by atoms with van der Waals surface area (Å²) in [4.78, 5) is 11.2. The molecular weight excluding hydrogens is 190 g/mol. The number of ether oxygens (including phenoxy) is 1. The lowest BCUT2D eigenvalue weighted by molar-refractivity contribution is -0.124. The van der Waals surface area contributed by atoms with Gasteiger partial charge in [0, 0.05) is 12.5 Å². The molecule has 15 heavy (non-hydrogen) atoms. The van der Waals surface area contributed by atoms with Crippen molar-refractivity contribution in [3.63, 3.8) is 0 Å². The van der Waals surface area contributed by atoms with E-state index >= 15 is 0 Å². The Balaban J connectivity index is 1.98. The fraction of sp³-hybridized carbons (Fsp3) is 0.917. The Morgan fingerprint density at radius 2 is 2.00 bits per heavy atom. The highest BCUT2D eigenvalue weighted by Gasteiger charge is 2.13. The Labute approximate surface area is 92.6 Å². The van der Waals surface area contributed by atoms with Crippen molar-refractivity contribution in [3.8, 4) is 0 Å². The fourth-order valence-corrected chi connectivity index (χ4v) is 1.84. The second-order valence-corrected chi connectivity index (χ2v) is 4.58. The minimum Gasteiger partial charge on any atom is -0.376 e. The van der Waals surface area contributed by atoms with Crippen molar-refractivity contribution in [2.24, 2.45) is 5.92 Å². The topological polar surface area (TPSA) is 38.3 Å². The average molecular weight is 213 g/mol. The fourth-order valence-electron chi connectivity index (χ4n) is 1.84. The van der Waals surface area contributed by atoms with Crippen LogP contribution in [0.1, 0.15) is 46.0 Å². The van der Waals surface area contributed by atoms with Crippen LogP contribution in [0.15, 0.2) is 0 Å². The van der Waals surface area contributed by atoms with Gasteiger partial charge in [0.15, 0.2) is 0 Å². The van der Waals surface area contributed by atoms with E-state index in [1.54, 1.807) is 0 Å². The number of amides is 1. The molecule has 3 heteroatoms. The molecular formula is C12H23NO2. The van der Waals surface area contributed by atoms with Crippen molar-refractivity contribution in [2.45, 2.75) is 52.1 Å². The molecule has 88 valence electrons. The molecule has 0 spiro atoms. The van der Waals surface area contributed by atoms with Gasteiger partial charge in [0.05, 0.1) is 12.7 Å². The molecule has 3 nitrogen and oxygen atoms in total. The minimum atomic E-state index is 0.0691. The number of nitrogens with one attached hydrogen (secondary N) is 1. The third kappa shape index (κ3) is 5.17. The zero-order valence-corrected chi connectivity index (χ0v) is 9.92. The van der Waals surface area contributed by atoms with E-state index in [-0.39, 0.29) is 11.8 Å². The van der Waals surface area contributed by atoms with Crippen LogP contribution in [0.5, 0.6) is 0 Å². The molecule has 0 saturated heterocycles. The predicted molar refractivity (Wildman–Crippen MR) is 60.7 cm³/mol. The molecule has 0 aromatic heterocycles. The van der Waals surface area contributed by atoms with Gasteiger partial charge >= 0.3 is 0 Å². The van der Waals surface area contributed by atoms with Gasteiger partial charge in [-0.2, -0.15) is 0 Å². The van der Waals surface area contributed by atoms with Gasteiger partial charge in [-0.15, -0.1) is 0 Å². The van der Waals surface area contributed by atoms with Gasteiger partial charge in [-0.25, -0.2) is 0 Å². The third-order valence-electron chi connectivity index (χ3n) is 2.83. The lowest BCUT2D eigenvalue weighted by atomic mass is 9.98. The lowest BCUT2D eigenvalue weighted by Crippen LogP contribution is -2.32. The van der Waals surface area contributed by atoms with E-state index < -0.39 is 0 Å². The van der Waals surface area contributed by atoms with Gasteiger partial charge < -0.3 is 10.1 Å². The largest absolute Gasteiger partial charge is 0.376 e. The summed E-state index contributed by atoms with van der Waals surface area (Å²) in [6.07, 6.45) is 6.77. The van der Waals surface area contributed by atoms with Crippen molar-refractivity contribution in [1.29, 1.82) is 0 Å². The molecule has 0 heterocycles. The second kappa shape index (κ2) is 6.83. The first-order valence-electron chi connectivity index (χ1n) is 6.09. The molecule has 0 bridgehead atoms. The number of carbonyl (C=O) groups is 1. The summed E-state index contributed by atoms with van der Waals surface area (Å²) in [6.45, 7) is 5.10. The smallest absolute Gasteiger partial charge is 0.222 e. The lowest BCUT2D eigenvalue weighted by Gasteiger charge is -2.22. The number of hydrogen-bond donors (Lipinski definition) is 1. The van der Waals surface area contributed by atoms with Gasteiger partial charge in [-0.3, -0.25) is 4.79 Å². The first kappa shape index (κ1) is 12.5. The maximum atomic E-state index is 11.2. The van der Waals surface area contributed by atoms with E-state index in [0.717, 1.165) is 0 Å². The van der Waals surface area contributed by atoms with Crippen LogP contribution in [0.3, 0.4) is 0 Å². The van der Waals surface area contributed by atoms with Crippen molar-refractivity contribution >= 4 is 5.91 Å². The summed E-state index contributed by atoms with van der Waals surface area (Å²) in [7, 11) is 0. The highest BCUT2D eigenvalue weighted by atomic mass is 16.5.